The summed E-state index contributed by atoms with van der Waals surface area (Å²) in [5.41, 5.74) is 0. The van der Waals surface area contributed by atoms with E-state index in [-0.39, 0.29) is 19.5 Å². The molecule has 3 atom stereocenters. The third-order valence-corrected chi connectivity index (χ3v) is 19.0. The first-order valence-electron chi connectivity index (χ1n) is 14.3. The van der Waals surface area contributed by atoms with E-state index in [0.717, 1.165) is 0 Å². The quantitative estimate of drug-likeness (QED) is 0.143. The van der Waals surface area contributed by atoms with Crippen molar-refractivity contribution in [1.29, 1.82) is 0 Å². The van der Waals surface area contributed by atoms with E-state index >= 15 is 0 Å². The Morgan fingerprint density at radius 1 is 0.247 bits per heavy atom. The van der Waals surface area contributed by atoms with Crippen molar-refractivity contribution < 1.29 is 215 Å². The summed E-state index contributed by atoms with van der Waals surface area (Å²) in [4.78, 5) is 0. The maximum absolute atomic E-state index is 13.2. The Bertz CT molecular complexity index is 2310. The molecule has 0 aromatic carbocycles. The van der Waals surface area contributed by atoms with Crippen molar-refractivity contribution in [2.75, 3.05) is 0 Å². The van der Waals surface area contributed by atoms with Crippen LogP contribution in [0.4, 0.5) is 145 Å². The normalized spacial score (nSPS) is 18.1. The molecule has 0 heterocycles. The van der Waals surface area contributed by atoms with Crippen LogP contribution in [-0.4, -0.2) is 136 Å². The fraction of sp³-hybridized carbons (Fsp3) is 1.00. The number of halogens is 33. The van der Waals surface area contributed by atoms with Crippen molar-refractivity contribution >= 4 is 60.1 Å². The van der Waals surface area contributed by atoms with Crippen LogP contribution in [-0.2, 0) is 79.6 Å². The molecule has 0 aromatic rings. The average molecular weight is 1350 g/mol. The van der Waals surface area contributed by atoms with Crippen LogP contribution in [0.25, 0.3) is 8.25 Å². The van der Waals surface area contributed by atoms with Gasteiger partial charge in [-0.2, -0.15) is 119 Å². The molecule has 0 saturated heterocycles. The van der Waals surface area contributed by atoms with Gasteiger partial charge in [0.15, 0.2) is 0 Å². The number of nitrogens with one attached hydrogen (secondary N) is 1. The number of nitrogens with zero attached hydrogens (tertiary/aromatic N) is 2. The van der Waals surface area contributed by atoms with Gasteiger partial charge < -0.3 is 8.25 Å². The van der Waals surface area contributed by atoms with E-state index in [1.54, 1.807) is 0 Å². The van der Waals surface area contributed by atoms with Gasteiger partial charge in [0.05, 0.1) is 0 Å². The van der Waals surface area contributed by atoms with E-state index < -0.39 is 171 Å². The zero-order chi connectivity index (χ0) is 60.6. The summed E-state index contributed by atoms with van der Waals surface area (Å²) in [7, 11) is -45.4. The Kier molecular flexibility index (Phi) is 21.8. The first kappa shape index (κ1) is 77.4. The largest absolute Gasteiger partial charge is 2.00 e. The molecular weight excluding hydrogens is 1330 g/mol. The van der Waals surface area contributed by atoms with E-state index in [1.807, 2.05) is 0 Å². The monoisotopic (exact) mass is 1340 g/mol. The van der Waals surface area contributed by atoms with Gasteiger partial charge in [0, 0.05) is 0 Å². The van der Waals surface area contributed by atoms with Gasteiger partial charge in [0.25, 0.3) is 30.0 Å². The molecule has 0 aromatic heterocycles. The van der Waals surface area contributed by atoms with Crippen LogP contribution < -0.4 is 4.13 Å². The van der Waals surface area contributed by atoms with E-state index in [0.29, 0.717) is 8.25 Å². The zero-order valence-electron chi connectivity index (χ0n) is 32.4. The smallest absolute Gasteiger partial charge is 0.430 e. The van der Waals surface area contributed by atoms with Crippen molar-refractivity contribution in [1.82, 2.24) is 4.13 Å². The van der Waals surface area contributed by atoms with Crippen molar-refractivity contribution in [2.45, 2.75) is 106 Å². The topological polar surface area (TPSA) is 245 Å². The summed E-state index contributed by atoms with van der Waals surface area (Å²) >= 11 is 0. The minimum absolute atomic E-state index is 0. The van der Waals surface area contributed by atoms with E-state index in [1.165, 1.54) is 0 Å². The van der Waals surface area contributed by atoms with Gasteiger partial charge in [-0.1, -0.05) is 0 Å². The number of rotatable bonds is 12. The van der Waals surface area contributed by atoms with Crippen LogP contribution in [0.1, 0.15) is 20.8 Å². The third-order valence-electron chi connectivity index (χ3n) is 6.87. The third kappa shape index (κ3) is 14.1. The number of alkyl halides is 33. The number of hydrogen-bond donors (Lipinski definition) is 1. The zero-order valence-corrected chi connectivity index (χ0v) is 40.3. The predicted octanol–water partition coefficient (Wildman–Crippen LogP) is 8.39. The van der Waals surface area contributed by atoms with Crippen LogP contribution >= 0.6 is 0 Å². The summed E-state index contributed by atoms with van der Waals surface area (Å²) < 4.78 is 538. The molecular formula is C18H10F33N3O12S6Zn. The molecule has 0 aliphatic rings. The van der Waals surface area contributed by atoms with Gasteiger partial charge in [-0.25, -0.2) is 76.8 Å². The molecule has 3 unspecified atom stereocenters. The molecule has 0 amide bonds. The Labute approximate surface area is 393 Å². The fourth-order valence-electron chi connectivity index (χ4n) is 2.60. The molecule has 438 valence electrons. The summed E-state index contributed by atoms with van der Waals surface area (Å²) in [6.07, 6.45) is -63.8. The maximum atomic E-state index is 13.2. The van der Waals surface area contributed by atoms with Crippen molar-refractivity contribution in [3.05, 3.63) is 8.25 Å². The molecule has 0 aliphatic heterocycles. The molecule has 55 heteroatoms. The van der Waals surface area contributed by atoms with Crippen LogP contribution in [0.3, 0.4) is 0 Å². The summed E-state index contributed by atoms with van der Waals surface area (Å²) in [6.45, 7) is -2.84. The Hall–Kier alpha value is -2.11. The first-order chi connectivity index (χ1) is 29.9. The van der Waals surface area contributed by atoms with Crippen LogP contribution in [0.2, 0.25) is 0 Å². The van der Waals surface area contributed by atoms with Gasteiger partial charge in [-0.05, 0) is 20.8 Å². The molecule has 0 spiro atoms. The molecule has 73 heavy (non-hydrogen) atoms. The standard InChI is InChI=1S/C6H4F11NO4S2.2C6H3F11NO4S2.Zn/c3*1-2(7,4(9,10)11)23(19,20)18-24(21,22)3(8,5(12,13)14)6(15,16)17;/h18H,1H3;2*1H3;/q;2*-1;+2. The van der Waals surface area contributed by atoms with Gasteiger partial charge in [0.2, 0.25) is 0 Å². The Balaban J connectivity index is -0.000000486. The van der Waals surface area contributed by atoms with E-state index in [9.17, 15) is 195 Å². The molecule has 0 saturated carbocycles. The van der Waals surface area contributed by atoms with Crippen molar-refractivity contribution in [3.63, 3.8) is 0 Å². The van der Waals surface area contributed by atoms with Crippen LogP contribution in [0.15, 0.2) is 0 Å². The molecule has 0 aliphatic carbocycles. The van der Waals surface area contributed by atoms with E-state index in [4.69, 9.17) is 0 Å². The Morgan fingerprint density at radius 2 is 0.411 bits per heavy atom. The second-order valence-corrected chi connectivity index (χ2v) is 23.8. The first-order valence-corrected chi connectivity index (χ1v) is 23.1. The molecule has 0 fully saturated rings. The molecule has 1 N–H and O–H groups in total. The van der Waals surface area contributed by atoms with Crippen molar-refractivity contribution in [3.8, 4) is 0 Å². The molecule has 0 bridgehead atoms. The van der Waals surface area contributed by atoms with Gasteiger partial charge >= 0.3 is 95.1 Å². The molecule has 15 nitrogen and oxygen atoms in total. The maximum Gasteiger partial charge on any atom is 2.00 e. The van der Waals surface area contributed by atoms with E-state index in [2.05, 4.69) is 0 Å². The van der Waals surface area contributed by atoms with Gasteiger partial charge in [-0.3, -0.25) is 0 Å². The number of sulfonamides is 6. The van der Waals surface area contributed by atoms with Gasteiger partial charge in [-0.15, -0.1) is 4.13 Å². The summed E-state index contributed by atoms with van der Waals surface area (Å²) in [5.74, 6) is 0. The fourth-order valence-corrected chi connectivity index (χ4v) is 11.5. The number of hydrogen-bond acceptors (Lipinski definition) is 12. The van der Waals surface area contributed by atoms with Gasteiger partial charge in [0.1, 0.15) is 40.1 Å². The van der Waals surface area contributed by atoms with Crippen LogP contribution in [0, 0.1) is 0 Å². The van der Waals surface area contributed by atoms with Crippen LogP contribution in [0.5, 0.6) is 0 Å². The summed E-state index contributed by atoms with van der Waals surface area (Å²) in [5, 5.41) is -39.2. The Morgan fingerprint density at radius 3 is 0.548 bits per heavy atom. The predicted molar refractivity (Wildman–Crippen MR) is 158 cm³/mol. The van der Waals surface area contributed by atoms with Crippen molar-refractivity contribution in [2.24, 2.45) is 0 Å². The molecule has 0 radical (unpaired) electrons. The minimum atomic E-state index is -7.96. The summed E-state index contributed by atoms with van der Waals surface area (Å²) in [6, 6.07) is 0. The second kappa shape index (κ2) is 20.6. The minimum Gasteiger partial charge on any atom is -0.430 e. The molecule has 0 rings (SSSR count). The second-order valence-electron chi connectivity index (χ2n) is 12.2. The SMILES string of the molecule is CC(F)(C(F)(F)F)S(=O)(=O)NS(=O)(=O)C(F)(C(F)(F)F)C(F)(F)F.CC(F)(C(F)(F)F)S(=O)(=O)[N-]S(=O)(=O)C(F)(C(F)(F)F)C(F)(F)F.CC(F)(C(F)(F)F)S(=O)(=O)[N-]S(=O)(=O)C(F)(C(F)(F)F)C(F)(F)F.[Zn+2]. The average Bonchev–Trinajstić information content (AvgIpc) is 3.01.